The second-order valence-electron chi connectivity index (χ2n) is 4.88. The standard InChI is InChI=1S/C17H22BrNO/c1-14(2)16(13-15-7-4-3-5-8-15)9-10-17(20)19-12-6-11-18/h3-5,7-10,13-14H,6,11-12H2,1-2H3,(H,19,20)/b10-9+,16-13-. The minimum atomic E-state index is -0.0365. The van der Waals surface area contributed by atoms with Crippen LogP contribution in [0, 0.1) is 5.92 Å². The molecule has 0 aliphatic carbocycles. The molecule has 0 radical (unpaired) electrons. The van der Waals surface area contributed by atoms with Gasteiger partial charge in [0.25, 0.3) is 0 Å². The molecule has 1 aromatic carbocycles. The number of rotatable bonds is 7. The first-order valence-electron chi connectivity index (χ1n) is 6.92. The number of carbonyl (C=O) groups excluding carboxylic acids is 1. The predicted molar refractivity (Wildman–Crippen MR) is 89.8 cm³/mol. The quantitative estimate of drug-likeness (QED) is 0.344. The molecule has 3 heteroatoms. The van der Waals surface area contributed by atoms with E-state index in [2.05, 4.69) is 53.3 Å². The van der Waals surface area contributed by atoms with Gasteiger partial charge in [0.1, 0.15) is 0 Å². The lowest BCUT2D eigenvalue weighted by Gasteiger charge is -2.07. The molecule has 0 bridgehead atoms. The topological polar surface area (TPSA) is 29.1 Å². The summed E-state index contributed by atoms with van der Waals surface area (Å²) >= 11 is 3.34. The summed E-state index contributed by atoms with van der Waals surface area (Å²) in [6, 6.07) is 10.2. The first kappa shape index (κ1) is 16.7. The van der Waals surface area contributed by atoms with Gasteiger partial charge in [0.2, 0.25) is 5.91 Å². The molecular weight excluding hydrogens is 314 g/mol. The zero-order valence-electron chi connectivity index (χ0n) is 12.1. The van der Waals surface area contributed by atoms with Gasteiger partial charge in [0.15, 0.2) is 0 Å². The molecule has 1 N–H and O–H groups in total. The molecule has 1 amide bonds. The molecule has 1 aromatic rings. The lowest BCUT2D eigenvalue weighted by molar-refractivity contribution is -0.116. The van der Waals surface area contributed by atoms with Gasteiger partial charge in [-0.25, -0.2) is 0 Å². The molecule has 0 heterocycles. The molecule has 108 valence electrons. The van der Waals surface area contributed by atoms with Crippen molar-refractivity contribution in [2.75, 3.05) is 11.9 Å². The van der Waals surface area contributed by atoms with E-state index in [1.54, 1.807) is 6.08 Å². The van der Waals surface area contributed by atoms with Crippen LogP contribution in [0.5, 0.6) is 0 Å². The minimum Gasteiger partial charge on any atom is -0.353 e. The molecule has 0 fully saturated rings. The Morgan fingerprint density at radius 3 is 2.55 bits per heavy atom. The smallest absolute Gasteiger partial charge is 0.243 e. The molecule has 2 nitrogen and oxygen atoms in total. The second-order valence-corrected chi connectivity index (χ2v) is 5.67. The third kappa shape index (κ3) is 6.71. The summed E-state index contributed by atoms with van der Waals surface area (Å²) in [7, 11) is 0. The zero-order chi connectivity index (χ0) is 14.8. The largest absolute Gasteiger partial charge is 0.353 e. The lowest BCUT2D eigenvalue weighted by atomic mass is 10.00. The summed E-state index contributed by atoms with van der Waals surface area (Å²) in [5, 5.41) is 3.76. The van der Waals surface area contributed by atoms with Crippen molar-refractivity contribution in [3.8, 4) is 0 Å². The van der Waals surface area contributed by atoms with Gasteiger partial charge < -0.3 is 5.32 Å². The van der Waals surface area contributed by atoms with Crippen LogP contribution in [0.4, 0.5) is 0 Å². The highest BCUT2D eigenvalue weighted by Crippen LogP contribution is 2.15. The van der Waals surface area contributed by atoms with E-state index in [0.717, 1.165) is 22.9 Å². The third-order valence-electron chi connectivity index (χ3n) is 2.84. The van der Waals surface area contributed by atoms with E-state index < -0.39 is 0 Å². The molecule has 0 saturated heterocycles. The molecule has 0 aliphatic heterocycles. The van der Waals surface area contributed by atoms with Gasteiger partial charge in [0.05, 0.1) is 0 Å². The number of allylic oxidation sites excluding steroid dienone is 2. The Hall–Kier alpha value is -1.35. The monoisotopic (exact) mass is 335 g/mol. The summed E-state index contributed by atoms with van der Waals surface area (Å²) in [4.78, 5) is 11.7. The van der Waals surface area contributed by atoms with Gasteiger partial charge in [-0.1, -0.05) is 72.3 Å². The normalized spacial score (nSPS) is 12.1. The van der Waals surface area contributed by atoms with Gasteiger partial charge in [-0.05, 0) is 23.5 Å². The molecule has 0 unspecified atom stereocenters. The summed E-state index contributed by atoms with van der Waals surface area (Å²) in [6.07, 6.45) is 6.58. The predicted octanol–water partition coefficient (Wildman–Crippen LogP) is 4.18. The van der Waals surface area contributed by atoms with Gasteiger partial charge in [0, 0.05) is 18.0 Å². The van der Waals surface area contributed by atoms with Crippen LogP contribution in [0.3, 0.4) is 0 Å². The van der Waals surface area contributed by atoms with Crippen LogP contribution < -0.4 is 5.32 Å². The molecule has 20 heavy (non-hydrogen) atoms. The van der Waals surface area contributed by atoms with Crippen molar-refractivity contribution in [1.29, 1.82) is 0 Å². The Bertz CT molecular complexity index is 463. The Labute approximate surface area is 130 Å². The van der Waals surface area contributed by atoms with Gasteiger partial charge in [-0.15, -0.1) is 0 Å². The zero-order valence-corrected chi connectivity index (χ0v) is 13.7. The van der Waals surface area contributed by atoms with Crippen LogP contribution in [0.2, 0.25) is 0 Å². The molecular formula is C17H22BrNO. The average molecular weight is 336 g/mol. The number of alkyl halides is 1. The Kier molecular flexibility index (Phi) is 7.97. The molecule has 0 aromatic heterocycles. The van der Waals surface area contributed by atoms with Gasteiger partial charge >= 0.3 is 0 Å². The number of hydrogen-bond donors (Lipinski definition) is 1. The van der Waals surface area contributed by atoms with E-state index in [4.69, 9.17) is 0 Å². The van der Waals surface area contributed by atoms with Gasteiger partial charge in [-0.2, -0.15) is 0 Å². The fourth-order valence-electron chi connectivity index (χ4n) is 1.66. The first-order chi connectivity index (χ1) is 9.63. The van der Waals surface area contributed by atoms with E-state index in [0.29, 0.717) is 12.5 Å². The maximum Gasteiger partial charge on any atom is 0.243 e. The molecule has 1 rings (SSSR count). The van der Waals surface area contributed by atoms with Crippen molar-refractivity contribution in [3.63, 3.8) is 0 Å². The second kappa shape index (κ2) is 9.54. The Balaban J connectivity index is 2.68. The average Bonchev–Trinajstić information content (AvgIpc) is 2.44. The summed E-state index contributed by atoms with van der Waals surface area (Å²) in [5.74, 6) is 0.340. The Morgan fingerprint density at radius 2 is 1.95 bits per heavy atom. The first-order valence-corrected chi connectivity index (χ1v) is 8.04. The van der Waals surface area contributed by atoms with Crippen LogP contribution in [-0.2, 0) is 4.79 Å². The highest BCUT2D eigenvalue weighted by atomic mass is 79.9. The summed E-state index contributed by atoms with van der Waals surface area (Å²) in [6.45, 7) is 4.96. The third-order valence-corrected chi connectivity index (χ3v) is 3.40. The van der Waals surface area contributed by atoms with Crippen molar-refractivity contribution >= 4 is 27.9 Å². The van der Waals surface area contributed by atoms with E-state index in [9.17, 15) is 4.79 Å². The number of amides is 1. The molecule has 0 atom stereocenters. The van der Waals surface area contributed by atoms with E-state index in [1.165, 1.54) is 0 Å². The van der Waals surface area contributed by atoms with Crippen LogP contribution >= 0.6 is 15.9 Å². The number of benzene rings is 1. The minimum absolute atomic E-state index is 0.0365. The van der Waals surface area contributed by atoms with Crippen molar-refractivity contribution in [2.45, 2.75) is 20.3 Å². The fraction of sp³-hybridized carbons (Fsp3) is 0.353. The summed E-state index contributed by atoms with van der Waals surface area (Å²) < 4.78 is 0. The molecule has 0 saturated carbocycles. The van der Waals surface area contributed by atoms with Crippen molar-refractivity contribution < 1.29 is 4.79 Å². The van der Waals surface area contributed by atoms with E-state index in [-0.39, 0.29) is 5.91 Å². The van der Waals surface area contributed by atoms with E-state index in [1.807, 2.05) is 24.3 Å². The van der Waals surface area contributed by atoms with Crippen molar-refractivity contribution in [2.24, 2.45) is 5.92 Å². The van der Waals surface area contributed by atoms with Crippen LogP contribution in [0.15, 0.2) is 48.1 Å². The van der Waals surface area contributed by atoms with Crippen molar-refractivity contribution in [1.82, 2.24) is 5.32 Å². The highest BCUT2D eigenvalue weighted by molar-refractivity contribution is 9.09. The maximum absolute atomic E-state index is 11.7. The van der Waals surface area contributed by atoms with Crippen molar-refractivity contribution in [3.05, 3.63) is 53.6 Å². The number of halogens is 1. The Morgan fingerprint density at radius 1 is 1.25 bits per heavy atom. The molecule has 0 aliphatic rings. The maximum atomic E-state index is 11.7. The van der Waals surface area contributed by atoms with E-state index >= 15 is 0 Å². The van der Waals surface area contributed by atoms with Crippen LogP contribution in [0.25, 0.3) is 6.08 Å². The number of hydrogen-bond acceptors (Lipinski definition) is 1. The van der Waals surface area contributed by atoms with Crippen LogP contribution in [0.1, 0.15) is 25.8 Å². The SMILES string of the molecule is CC(C)C(/C=C/C(=O)NCCCBr)=C\c1ccccc1. The summed E-state index contributed by atoms with van der Waals surface area (Å²) in [5.41, 5.74) is 2.30. The molecule has 0 spiro atoms. The fourth-order valence-corrected chi connectivity index (χ4v) is 1.94. The van der Waals surface area contributed by atoms with Gasteiger partial charge in [-0.3, -0.25) is 4.79 Å². The highest BCUT2D eigenvalue weighted by Gasteiger charge is 2.01. The lowest BCUT2D eigenvalue weighted by Crippen LogP contribution is -2.22. The van der Waals surface area contributed by atoms with Crippen LogP contribution in [-0.4, -0.2) is 17.8 Å². The number of nitrogens with one attached hydrogen (secondary N) is 1. The number of carbonyl (C=O) groups is 1.